The number of phenols is 1. The predicted molar refractivity (Wildman–Crippen MR) is 103 cm³/mol. The minimum absolute atomic E-state index is 0.225. The van der Waals surface area contributed by atoms with Crippen LogP contribution in [0.25, 0.3) is 0 Å². The fraction of sp³-hybridized carbons (Fsp3) is 0.381. The Kier molecular flexibility index (Phi) is 4.80. The summed E-state index contributed by atoms with van der Waals surface area (Å²) in [6, 6.07) is 15.7. The molecule has 0 saturated carbocycles. The summed E-state index contributed by atoms with van der Waals surface area (Å²) in [6.45, 7) is 4.91. The van der Waals surface area contributed by atoms with Crippen molar-refractivity contribution in [3.05, 3.63) is 54.1 Å². The minimum atomic E-state index is 0.225. The summed E-state index contributed by atoms with van der Waals surface area (Å²) >= 11 is 0. The third kappa shape index (κ3) is 3.40. The number of nitrogens with zero attached hydrogens (tertiary/aromatic N) is 2. The van der Waals surface area contributed by atoms with Gasteiger partial charge in [0.25, 0.3) is 5.91 Å². The number of hydrogen-bond donors (Lipinski definition) is 2. The van der Waals surface area contributed by atoms with E-state index in [0.29, 0.717) is 12.3 Å². The van der Waals surface area contributed by atoms with Crippen molar-refractivity contribution in [1.82, 2.24) is 0 Å². The molecule has 1 fully saturated rings. The molecule has 2 aliphatic heterocycles. The van der Waals surface area contributed by atoms with E-state index in [1.807, 2.05) is 29.2 Å². The van der Waals surface area contributed by atoms with Gasteiger partial charge in [0.05, 0.1) is 31.9 Å². The topological polar surface area (TPSA) is 48.2 Å². The first kappa shape index (κ1) is 16.9. The number of phenolic OH excluding ortho intramolecular Hbond substituents is 1. The first-order valence-corrected chi connectivity index (χ1v) is 9.47. The molecule has 0 atom stereocenters. The highest BCUT2D eigenvalue weighted by Gasteiger charge is 2.28. The van der Waals surface area contributed by atoms with E-state index in [2.05, 4.69) is 23.1 Å². The van der Waals surface area contributed by atoms with Crippen LogP contribution in [-0.2, 0) is 11.2 Å². The van der Waals surface area contributed by atoms with Crippen LogP contribution in [0.2, 0.25) is 0 Å². The lowest BCUT2D eigenvalue weighted by molar-refractivity contribution is -0.892. The largest absolute Gasteiger partial charge is 0.506 e. The van der Waals surface area contributed by atoms with E-state index >= 15 is 0 Å². The van der Waals surface area contributed by atoms with Crippen LogP contribution >= 0.6 is 0 Å². The summed E-state index contributed by atoms with van der Waals surface area (Å²) in [5.74, 6) is 0.556. The fourth-order valence-corrected chi connectivity index (χ4v) is 4.07. The Labute approximate surface area is 154 Å². The highest BCUT2D eigenvalue weighted by molar-refractivity contribution is 5.95. The number of carbonyl (C=O) groups excluding carboxylic acids is 1. The maximum Gasteiger partial charge on any atom is 0.282 e. The molecule has 1 saturated heterocycles. The van der Waals surface area contributed by atoms with Crippen LogP contribution in [0.3, 0.4) is 0 Å². The van der Waals surface area contributed by atoms with Crippen molar-refractivity contribution in [1.29, 1.82) is 0 Å². The lowest BCUT2D eigenvalue weighted by atomic mass is 10.0. The third-order valence-electron chi connectivity index (χ3n) is 5.51. The number of quaternary nitrogens is 1. The number of nitrogens with one attached hydrogen (secondary N) is 1. The summed E-state index contributed by atoms with van der Waals surface area (Å²) in [5, 5.41) is 10.0. The van der Waals surface area contributed by atoms with E-state index in [0.717, 1.165) is 56.9 Å². The average molecular weight is 352 g/mol. The maximum atomic E-state index is 12.9. The molecule has 0 spiro atoms. The van der Waals surface area contributed by atoms with Crippen LogP contribution in [0.1, 0.15) is 12.0 Å². The number of fused-ring (bicyclic) bond motifs is 1. The number of para-hydroxylation sites is 3. The van der Waals surface area contributed by atoms with Gasteiger partial charge in [-0.15, -0.1) is 0 Å². The monoisotopic (exact) mass is 352 g/mol. The van der Waals surface area contributed by atoms with Crippen LogP contribution in [0, 0.1) is 0 Å². The van der Waals surface area contributed by atoms with Gasteiger partial charge in [-0.05, 0) is 36.6 Å². The Hall–Kier alpha value is -2.53. The SMILES string of the molecule is O=C(C[NH+]1CCN(c2ccccc2O)CC1)N1CCCc2ccccc21. The molecule has 1 amide bonds. The maximum absolute atomic E-state index is 12.9. The Morgan fingerprint density at radius 1 is 0.962 bits per heavy atom. The van der Waals surface area contributed by atoms with Crippen LogP contribution < -0.4 is 14.7 Å². The summed E-state index contributed by atoms with van der Waals surface area (Å²) in [5.41, 5.74) is 3.27. The van der Waals surface area contributed by atoms with Gasteiger partial charge < -0.3 is 19.8 Å². The van der Waals surface area contributed by atoms with E-state index in [4.69, 9.17) is 0 Å². The van der Waals surface area contributed by atoms with Crippen molar-refractivity contribution in [2.24, 2.45) is 0 Å². The summed E-state index contributed by atoms with van der Waals surface area (Å²) < 4.78 is 0. The number of rotatable bonds is 3. The predicted octanol–water partition coefficient (Wildman–Crippen LogP) is 1.08. The third-order valence-corrected chi connectivity index (χ3v) is 5.51. The van der Waals surface area contributed by atoms with Gasteiger partial charge in [0, 0.05) is 12.2 Å². The summed E-state index contributed by atoms with van der Waals surface area (Å²) in [6.07, 6.45) is 2.10. The van der Waals surface area contributed by atoms with Crippen molar-refractivity contribution in [3.8, 4) is 5.75 Å². The van der Waals surface area contributed by atoms with Crippen LogP contribution in [0.15, 0.2) is 48.5 Å². The second-order valence-corrected chi connectivity index (χ2v) is 7.18. The molecule has 4 rings (SSSR count). The van der Waals surface area contributed by atoms with E-state index < -0.39 is 0 Å². The van der Waals surface area contributed by atoms with Gasteiger partial charge in [-0.1, -0.05) is 30.3 Å². The molecule has 0 unspecified atom stereocenters. The smallest absolute Gasteiger partial charge is 0.282 e. The Morgan fingerprint density at radius 3 is 2.42 bits per heavy atom. The minimum Gasteiger partial charge on any atom is -0.506 e. The molecule has 0 aliphatic carbocycles. The van der Waals surface area contributed by atoms with E-state index in [-0.39, 0.29) is 5.91 Å². The number of amides is 1. The Morgan fingerprint density at radius 2 is 1.65 bits per heavy atom. The number of aryl methyl sites for hydroxylation is 1. The van der Waals surface area contributed by atoms with Crippen molar-refractivity contribution >= 4 is 17.3 Å². The van der Waals surface area contributed by atoms with Crippen LogP contribution in [0.5, 0.6) is 5.75 Å². The number of hydrogen-bond acceptors (Lipinski definition) is 3. The zero-order valence-corrected chi connectivity index (χ0v) is 15.0. The zero-order chi connectivity index (χ0) is 17.9. The molecule has 0 aromatic heterocycles. The molecular formula is C21H26N3O2+. The van der Waals surface area contributed by atoms with Crippen molar-refractivity contribution < 1.29 is 14.8 Å². The Balaban J connectivity index is 1.36. The van der Waals surface area contributed by atoms with Gasteiger partial charge in [0.15, 0.2) is 6.54 Å². The normalized spacial score (nSPS) is 17.8. The summed E-state index contributed by atoms with van der Waals surface area (Å²) in [4.78, 5) is 18.4. The van der Waals surface area contributed by atoms with Gasteiger partial charge in [0.2, 0.25) is 0 Å². The van der Waals surface area contributed by atoms with Gasteiger partial charge in [-0.3, -0.25) is 4.79 Å². The highest BCUT2D eigenvalue weighted by atomic mass is 16.3. The van der Waals surface area contributed by atoms with Crippen molar-refractivity contribution in [3.63, 3.8) is 0 Å². The summed E-state index contributed by atoms with van der Waals surface area (Å²) in [7, 11) is 0. The number of piperazine rings is 1. The molecule has 0 bridgehead atoms. The number of anilines is 2. The highest BCUT2D eigenvalue weighted by Crippen LogP contribution is 2.27. The molecular weight excluding hydrogens is 326 g/mol. The molecule has 5 nitrogen and oxygen atoms in total. The molecule has 2 N–H and O–H groups in total. The quantitative estimate of drug-likeness (QED) is 0.869. The number of benzene rings is 2. The Bertz CT molecular complexity index is 784. The lowest BCUT2D eigenvalue weighted by Crippen LogP contribution is -3.16. The van der Waals surface area contributed by atoms with Crippen molar-refractivity contribution in [2.75, 3.05) is 49.1 Å². The zero-order valence-electron chi connectivity index (χ0n) is 15.0. The van der Waals surface area contributed by atoms with Crippen molar-refractivity contribution in [2.45, 2.75) is 12.8 Å². The molecule has 2 aliphatic rings. The molecule has 2 heterocycles. The standard InChI is InChI=1S/C21H25N3O2/c25-20-10-4-3-9-19(20)23-14-12-22(13-15-23)16-21(26)24-11-5-7-17-6-1-2-8-18(17)24/h1-4,6,8-10,25H,5,7,11-16H2/p+1. The molecule has 5 heteroatoms. The first-order chi connectivity index (χ1) is 12.7. The van der Waals surface area contributed by atoms with E-state index in [1.165, 1.54) is 10.5 Å². The molecule has 0 radical (unpaired) electrons. The number of carbonyl (C=O) groups is 1. The average Bonchev–Trinajstić information content (AvgIpc) is 2.68. The van der Waals surface area contributed by atoms with Gasteiger partial charge >= 0.3 is 0 Å². The second-order valence-electron chi connectivity index (χ2n) is 7.18. The fourth-order valence-electron chi connectivity index (χ4n) is 4.07. The van der Waals surface area contributed by atoms with E-state index in [9.17, 15) is 9.90 Å². The van der Waals surface area contributed by atoms with Crippen LogP contribution in [-0.4, -0.2) is 50.3 Å². The molecule has 2 aromatic rings. The van der Waals surface area contributed by atoms with Gasteiger partial charge in [-0.25, -0.2) is 0 Å². The van der Waals surface area contributed by atoms with Gasteiger partial charge in [0.1, 0.15) is 5.75 Å². The lowest BCUT2D eigenvalue weighted by Gasteiger charge is -2.35. The molecule has 136 valence electrons. The van der Waals surface area contributed by atoms with Gasteiger partial charge in [-0.2, -0.15) is 0 Å². The number of aromatic hydroxyl groups is 1. The van der Waals surface area contributed by atoms with E-state index in [1.54, 1.807) is 6.07 Å². The van der Waals surface area contributed by atoms with Crippen LogP contribution in [0.4, 0.5) is 11.4 Å². The second kappa shape index (κ2) is 7.38. The molecule has 2 aromatic carbocycles. The first-order valence-electron chi connectivity index (χ1n) is 9.47. The molecule has 26 heavy (non-hydrogen) atoms.